The number of nitrogens with one attached hydrogen (secondary N) is 1. The molecule has 1 aliphatic heterocycles. The number of hydrogen-bond donors (Lipinski definition) is 1. The molecule has 1 atom stereocenters. The van der Waals surface area contributed by atoms with Gasteiger partial charge in [0.1, 0.15) is 18.3 Å². The number of aryl methyl sites for hydroxylation is 2. The van der Waals surface area contributed by atoms with Crippen LogP contribution in [-0.2, 0) is 6.54 Å². The van der Waals surface area contributed by atoms with E-state index in [4.69, 9.17) is 8.83 Å². The van der Waals surface area contributed by atoms with Crippen molar-refractivity contribution in [3.05, 3.63) is 99.4 Å². The molecule has 5 aromatic rings. The Morgan fingerprint density at radius 3 is 2.53 bits per heavy atom. The Balaban J connectivity index is 1.38. The van der Waals surface area contributed by atoms with Gasteiger partial charge in [-0.1, -0.05) is 0 Å². The van der Waals surface area contributed by atoms with Gasteiger partial charge in [-0.3, -0.25) is 14.5 Å². The highest BCUT2D eigenvalue weighted by atomic mass is 16.3. The Morgan fingerprint density at radius 2 is 1.79 bits per heavy atom. The quantitative estimate of drug-likeness (QED) is 0.367. The highest BCUT2D eigenvalue weighted by Gasteiger charge is 2.34. The smallest absolute Gasteiger partial charge is 0.289 e. The molecule has 4 aromatic heterocycles. The fourth-order valence-corrected chi connectivity index (χ4v) is 5.01. The van der Waals surface area contributed by atoms with Crippen LogP contribution in [0.3, 0.4) is 0 Å². The molecule has 11 nitrogen and oxygen atoms in total. The van der Waals surface area contributed by atoms with Gasteiger partial charge >= 0.3 is 0 Å². The lowest BCUT2D eigenvalue weighted by molar-refractivity contribution is 0.0558. The molecule has 6 rings (SSSR count). The average Bonchev–Trinajstić information content (AvgIpc) is 3.70. The number of aromatic nitrogens is 5. The Hall–Kier alpha value is -4.51. The van der Waals surface area contributed by atoms with Crippen LogP contribution in [0.15, 0.2) is 68.6 Å². The minimum absolute atomic E-state index is 0.150. The van der Waals surface area contributed by atoms with E-state index in [0.717, 1.165) is 22.0 Å². The third-order valence-corrected chi connectivity index (χ3v) is 7.17. The number of piperazine rings is 1. The summed E-state index contributed by atoms with van der Waals surface area (Å²) in [6, 6.07) is 12.5. The zero-order valence-corrected chi connectivity index (χ0v) is 21.1. The summed E-state index contributed by atoms with van der Waals surface area (Å²) in [5, 5.41) is 13.5. The highest BCUT2D eigenvalue weighted by Crippen LogP contribution is 2.29. The van der Waals surface area contributed by atoms with Crippen molar-refractivity contribution in [2.24, 2.45) is 0 Å². The van der Waals surface area contributed by atoms with Gasteiger partial charge in [0.15, 0.2) is 11.6 Å². The highest BCUT2D eigenvalue weighted by molar-refractivity contribution is 5.91. The number of tetrazole rings is 1. The van der Waals surface area contributed by atoms with Gasteiger partial charge in [-0.25, -0.2) is 4.68 Å². The van der Waals surface area contributed by atoms with Crippen molar-refractivity contribution in [3.8, 4) is 0 Å². The number of fused-ring (bicyclic) bond motifs is 1. The van der Waals surface area contributed by atoms with Crippen LogP contribution < -0.4 is 5.56 Å². The number of pyridine rings is 1. The number of hydrogen-bond acceptors (Lipinski definition) is 8. The summed E-state index contributed by atoms with van der Waals surface area (Å²) in [5.74, 6) is 1.39. The fourth-order valence-electron chi connectivity index (χ4n) is 5.01. The Morgan fingerprint density at radius 1 is 1.03 bits per heavy atom. The van der Waals surface area contributed by atoms with Crippen LogP contribution in [0.1, 0.15) is 44.9 Å². The van der Waals surface area contributed by atoms with E-state index in [2.05, 4.69) is 38.4 Å². The third-order valence-electron chi connectivity index (χ3n) is 7.17. The van der Waals surface area contributed by atoms with E-state index in [9.17, 15) is 9.59 Å². The zero-order chi connectivity index (χ0) is 26.2. The summed E-state index contributed by atoms with van der Waals surface area (Å²) in [7, 11) is 0. The molecule has 0 bridgehead atoms. The largest absolute Gasteiger partial charge is 0.467 e. The predicted molar refractivity (Wildman–Crippen MR) is 138 cm³/mol. The van der Waals surface area contributed by atoms with E-state index in [1.165, 1.54) is 6.26 Å². The normalized spacial score (nSPS) is 15.3. The second kappa shape index (κ2) is 9.75. The first-order valence-electron chi connectivity index (χ1n) is 12.5. The minimum Gasteiger partial charge on any atom is -0.467 e. The molecule has 0 spiro atoms. The molecule has 5 heterocycles. The van der Waals surface area contributed by atoms with E-state index in [0.29, 0.717) is 55.6 Å². The molecule has 1 fully saturated rings. The summed E-state index contributed by atoms with van der Waals surface area (Å²) in [5.41, 5.74) is 3.37. The van der Waals surface area contributed by atoms with E-state index in [1.54, 1.807) is 28.0 Å². The van der Waals surface area contributed by atoms with E-state index in [1.807, 2.05) is 31.2 Å². The van der Waals surface area contributed by atoms with Crippen molar-refractivity contribution in [2.45, 2.75) is 26.4 Å². The molecule has 38 heavy (non-hydrogen) atoms. The summed E-state index contributed by atoms with van der Waals surface area (Å²) in [4.78, 5) is 33.3. The number of amides is 1. The molecule has 0 unspecified atom stereocenters. The maximum atomic E-state index is 13.5. The maximum Gasteiger partial charge on any atom is 0.289 e. The topological polar surface area (TPSA) is 126 Å². The number of benzene rings is 1. The number of furan rings is 2. The SMILES string of the molecule is Cc1cc2cc([C@@H](c3nnnn3Cc3ccco3)N3CCN(C(=O)c4ccco4)CC3)c(=O)[nH]c2cc1C. The zero-order valence-electron chi connectivity index (χ0n) is 21.1. The van der Waals surface area contributed by atoms with E-state index < -0.39 is 6.04 Å². The van der Waals surface area contributed by atoms with Gasteiger partial charge in [-0.05, 0) is 83.3 Å². The van der Waals surface area contributed by atoms with Crippen LogP contribution in [0.4, 0.5) is 0 Å². The Bertz CT molecular complexity index is 1630. The summed E-state index contributed by atoms with van der Waals surface area (Å²) >= 11 is 0. The van der Waals surface area contributed by atoms with Gasteiger partial charge in [-0.2, -0.15) is 0 Å². The molecule has 1 amide bonds. The molecule has 194 valence electrons. The first kappa shape index (κ1) is 23.9. The van der Waals surface area contributed by atoms with Gasteiger partial charge in [0.05, 0.1) is 12.5 Å². The summed E-state index contributed by atoms with van der Waals surface area (Å²) in [6.45, 7) is 6.39. The standard InChI is InChI=1S/C27H27N7O4/c1-17-13-19-15-21(26(35)28-22(19)14-18(17)2)24(25-29-30-31-34(25)16-20-5-3-11-37-20)32-7-9-33(10-8-32)27(36)23-6-4-12-38-23/h3-6,11-15,24H,7-10,16H2,1-2H3,(H,28,35)/t24-/m0/s1. The molecule has 0 saturated carbocycles. The molecular weight excluding hydrogens is 486 g/mol. The lowest BCUT2D eigenvalue weighted by Gasteiger charge is -2.38. The van der Waals surface area contributed by atoms with Crippen molar-refractivity contribution in [3.63, 3.8) is 0 Å². The number of nitrogens with zero attached hydrogens (tertiary/aromatic N) is 6. The van der Waals surface area contributed by atoms with Crippen LogP contribution in [0.5, 0.6) is 0 Å². The second-order valence-corrected chi connectivity index (χ2v) is 9.56. The van der Waals surface area contributed by atoms with Crippen molar-refractivity contribution in [1.82, 2.24) is 35.0 Å². The number of carbonyl (C=O) groups is 1. The Kier molecular flexibility index (Phi) is 6.12. The van der Waals surface area contributed by atoms with Crippen molar-refractivity contribution in [1.29, 1.82) is 0 Å². The van der Waals surface area contributed by atoms with Crippen LogP contribution in [0.2, 0.25) is 0 Å². The van der Waals surface area contributed by atoms with Crippen LogP contribution in [0, 0.1) is 13.8 Å². The molecule has 1 aromatic carbocycles. The van der Waals surface area contributed by atoms with Gasteiger partial charge in [0.2, 0.25) is 0 Å². The predicted octanol–water partition coefficient (Wildman–Crippen LogP) is 2.91. The van der Waals surface area contributed by atoms with E-state index >= 15 is 0 Å². The molecule has 0 radical (unpaired) electrons. The minimum atomic E-state index is -0.532. The molecule has 1 aliphatic rings. The number of carbonyl (C=O) groups excluding carboxylic acids is 1. The van der Waals surface area contributed by atoms with Crippen LogP contribution in [-0.4, -0.2) is 67.1 Å². The first-order valence-corrected chi connectivity index (χ1v) is 12.5. The Labute approximate surface area is 217 Å². The lowest BCUT2D eigenvalue weighted by Crippen LogP contribution is -2.50. The number of H-pyrrole nitrogens is 1. The van der Waals surface area contributed by atoms with Crippen molar-refractivity contribution >= 4 is 16.8 Å². The molecule has 11 heteroatoms. The summed E-state index contributed by atoms with van der Waals surface area (Å²) < 4.78 is 12.5. The number of aromatic amines is 1. The van der Waals surface area contributed by atoms with Gasteiger partial charge < -0.3 is 18.7 Å². The maximum absolute atomic E-state index is 13.5. The molecule has 0 aliphatic carbocycles. The monoisotopic (exact) mass is 513 g/mol. The third kappa shape index (κ3) is 4.41. The van der Waals surface area contributed by atoms with Gasteiger partial charge in [0.25, 0.3) is 11.5 Å². The molecule has 1 saturated heterocycles. The van der Waals surface area contributed by atoms with Crippen LogP contribution in [0.25, 0.3) is 10.9 Å². The second-order valence-electron chi connectivity index (χ2n) is 9.56. The molecule has 1 N–H and O–H groups in total. The molecular formula is C27H27N7O4. The van der Waals surface area contributed by atoms with Gasteiger partial charge in [0, 0.05) is 37.3 Å². The van der Waals surface area contributed by atoms with Crippen molar-refractivity contribution < 1.29 is 13.6 Å². The van der Waals surface area contributed by atoms with Gasteiger partial charge in [-0.15, -0.1) is 5.10 Å². The van der Waals surface area contributed by atoms with Crippen LogP contribution >= 0.6 is 0 Å². The summed E-state index contributed by atoms with van der Waals surface area (Å²) in [6.07, 6.45) is 3.10. The van der Waals surface area contributed by atoms with Crippen molar-refractivity contribution in [2.75, 3.05) is 26.2 Å². The average molecular weight is 514 g/mol. The lowest BCUT2D eigenvalue weighted by atomic mass is 10.00. The fraction of sp³-hybridized carbons (Fsp3) is 0.296. The number of rotatable bonds is 6. The van der Waals surface area contributed by atoms with E-state index in [-0.39, 0.29) is 11.5 Å². The first-order chi connectivity index (χ1) is 18.5.